The number of rotatable bonds is 0. The first-order valence-electron chi connectivity index (χ1n) is 3.71. The van der Waals surface area contributed by atoms with E-state index in [-0.39, 0.29) is 0 Å². The van der Waals surface area contributed by atoms with Crippen LogP contribution in [0.3, 0.4) is 0 Å². The summed E-state index contributed by atoms with van der Waals surface area (Å²) in [5.41, 5.74) is 2.67. The van der Waals surface area contributed by atoms with Crippen LogP contribution in [0.15, 0.2) is 24.3 Å². The molecule has 0 amide bonds. The zero-order valence-electron chi connectivity index (χ0n) is 6.21. The van der Waals surface area contributed by atoms with Gasteiger partial charge in [-0.15, -0.1) is 0 Å². The number of hydrogen-bond donors (Lipinski definition) is 1. The fourth-order valence-corrected chi connectivity index (χ4v) is 1.96. The molecular weight excluding hydrogens is 154 g/mol. The van der Waals surface area contributed by atoms with Crippen molar-refractivity contribution in [2.75, 3.05) is 11.1 Å². The summed E-state index contributed by atoms with van der Waals surface area (Å²) >= 11 is 1.94. The molecule has 0 aliphatic carbocycles. The van der Waals surface area contributed by atoms with Crippen LogP contribution in [0.4, 0.5) is 5.69 Å². The normalized spacial score (nSPS) is 16.4. The molecule has 0 saturated carbocycles. The molecule has 0 fully saturated rings. The van der Waals surface area contributed by atoms with Crippen molar-refractivity contribution in [3.63, 3.8) is 0 Å². The van der Waals surface area contributed by atoms with E-state index in [4.69, 9.17) is 0 Å². The maximum Gasteiger partial charge on any atom is 0.0561 e. The summed E-state index contributed by atoms with van der Waals surface area (Å²) in [5, 5.41) is 3.28. The lowest BCUT2D eigenvalue weighted by Gasteiger charge is -2.04. The molecule has 0 unspecified atom stereocenters. The van der Waals surface area contributed by atoms with Crippen LogP contribution < -0.4 is 5.32 Å². The number of fused-ring (bicyclic) bond motifs is 1. The van der Waals surface area contributed by atoms with Gasteiger partial charge in [0.05, 0.1) is 6.54 Å². The minimum atomic E-state index is 1.09. The summed E-state index contributed by atoms with van der Waals surface area (Å²) in [6.07, 6.45) is 0. The number of benzene rings is 1. The number of para-hydroxylation sites is 1. The van der Waals surface area contributed by atoms with Gasteiger partial charge in [0.15, 0.2) is 0 Å². The van der Waals surface area contributed by atoms with Crippen LogP contribution in [0.25, 0.3) is 0 Å². The van der Waals surface area contributed by atoms with Crippen molar-refractivity contribution in [3.8, 4) is 0 Å². The van der Waals surface area contributed by atoms with E-state index in [2.05, 4.69) is 36.1 Å². The molecule has 2 heteroatoms. The van der Waals surface area contributed by atoms with Gasteiger partial charge in [-0.2, -0.15) is 11.8 Å². The first kappa shape index (κ1) is 7.04. The van der Waals surface area contributed by atoms with Crippen LogP contribution in [0.2, 0.25) is 0 Å². The highest BCUT2D eigenvalue weighted by atomic mass is 32.2. The van der Waals surface area contributed by atoms with Crippen molar-refractivity contribution in [2.45, 2.75) is 5.75 Å². The summed E-state index contributed by atoms with van der Waals surface area (Å²) in [6.45, 7) is 2.11. The number of anilines is 1. The second-order valence-electron chi connectivity index (χ2n) is 2.52. The van der Waals surface area contributed by atoms with E-state index in [1.54, 1.807) is 0 Å². The van der Waals surface area contributed by atoms with Crippen molar-refractivity contribution in [3.05, 3.63) is 36.4 Å². The third kappa shape index (κ3) is 1.51. The fourth-order valence-electron chi connectivity index (χ4n) is 1.17. The molecule has 57 valence electrons. The van der Waals surface area contributed by atoms with Gasteiger partial charge in [0.1, 0.15) is 0 Å². The lowest BCUT2D eigenvalue weighted by atomic mass is 10.2. The van der Waals surface area contributed by atoms with Crippen LogP contribution in [-0.4, -0.2) is 5.75 Å². The molecule has 1 heterocycles. The molecule has 1 aliphatic rings. The van der Waals surface area contributed by atoms with Crippen LogP contribution >= 0.6 is 11.8 Å². The SMILES string of the molecule is [CH]1CSCc2ccccc2N1. The quantitative estimate of drug-likeness (QED) is 0.632. The Morgan fingerprint density at radius 3 is 3.18 bits per heavy atom. The summed E-state index contributed by atoms with van der Waals surface area (Å²) < 4.78 is 0. The Balaban J connectivity index is 2.33. The van der Waals surface area contributed by atoms with Crippen molar-refractivity contribution in [1.82, 2.24) is 0 Å². The third-order valence-corrected chi connectivity index (χ3v) is 2.65. The maximum absolute atomic E-state index is 3.28. The Kier molecular flexibility index (Phi) is 2.04. The van der Waals surface area contributed by atoms with E-state index in [1.165, 1.54) is 11.3 Å². The van der Waals surface area contributed by atoms with Gasteiger partial charge in [-0.25, -0.2) is 0 Å². The molecule has 0 saturated heterocycles. The zero-order valence-corrected chi connectivity index (χ0v) is 7.03. The van der Waals surface area contributed by atoms with E-state index < -0.39 is 0 Å². The summed E-state index contributed by atoms with van der Waals surface area (Å²) in [6, 6.07) is 8.45. The lowest BCUT2D eigenvalue weighted by Crippen LogP contribution is -1.94. The molecule has 0 spiro atoms. The molecule has 1 aromatic carbocycles. The monoisotopic (exact) mass is 164 g/mol. The highest BCUT2D eigenvalue weighted by Crippen LogP contribution is 2.24. The average molecular weight is 164 g/mol. The predicted molar refractivity (Wildman–Crippen MR) is 50.5 cm³/mol. The smallest absolute Gasteiger partial charge is 0.0561 e. The first-order chi connectivity index (χ1) is 5.47. The summed E-state index contributed by atoms with van der Waals surface area (Å²) in [5.74, 6) is 2.22. The van der Waals surface area contributed by atoms with Gasteiger partial charge in [0.2, 0.25) is 0 Å². The van der Waals surface area contributed by atoms with Gasteiger partial charge in [-0.05, 0) is 11.6 Å². The average Bonchev–Trinajstić information content (AvgIpc) is 2.28. The molecule has 0 bridgehead atoms. The minimum absolute atomic E-state index is 1.09. The number of hydrogen-bond acceptors (Lipinski definition) is 2. The Bertz CT molecular complexity index is 222. The Morgan fingerprint density at radius 1 is 1.27 bits per heavy atom. The van der Waals surface area contributed by atoms with Crippen molar-refractivity contribution >= 4 is 17.4 Å². The van der Waals surface area contributed by atoms with E-state index in [1.807, 2.05) is 11.8 Å². The Hall–Kier alpha value is -0.630. The van der Waals surface area contributed by atoms with Crippen LogP contribution in [0.1, 0.15) is 5.56 Å². The van der Waals surface area contributed by atoms with Crippen LogP contribution in [0.5, 0.6) is 0 Å². The minimum Gasteiger partial charge on any atom is -0.379 e. The second-order valence-corrected chi connectivity index (χ2v) is 3.55. The van der Waals surface area contributed by atoms with E-state index in [0.29, 0.717) is 0 Å². The third-order valence-electron chi connectivity index (χ3n) is 1.73. The standard InChI is InChI=1S/C9H10NS/c1-2-4-9-8(3-1)7-11-6-5-10-9/h1-5,10H,6-7H2. The van der Waals surface area contributed by atoms with Crippen molar-refractivity contribution < 1.29 is 0 Å². The van der Waals surface area contributed by atoms with E-state index in [9.17, 15) is 0 Å². The first-order valence-corrected chi connectivity index (χ1v) is 4.86. The molecule has 1 aromatic rings. The topological polar surface area (TPSA) is 12.0 Å². The van der Waals surface area contributed by atoms with Crippen molar-refractivity contribution in [1.29, 1.82) is 0 Å². The molecular formula is C9H10NS. The highest BCUT2D eigenvalue weighted by Gasteiger charge is 2.04. The molecule has 1 aliphatic heterocycles. The van der Waals surface area contributed by atoms with Gasteiger partial charge in [0, 0.05) is 17.2 Å². The molecule has 1 N–H and O–H groups in total. The highest BCUT2D eigenvalue weighted by molar-refractivity contribution is 7.98. The molecule has 1 nitrogen and oxygen atoms in total. The Morgan fingerprint density at radius 2 is 2.18 bits per heavy atom. The molecule has 0 aromatic heterocycles. The molecule has 11 heavy (non-hydrogen) atoms. The summed E-state index contributed by atoms with van der Waals surface area (Å²) in [7, 11) is 0. The van der Waals surface area contributed by atoms with Gasteiger partial charge in [0.25, 0.3) is 0 Å². The van der Waals surface area contributed by atoms with E-state index in [0.717, 1.165) is 11.5 Å². The van der Waals surface area contributed by atoms with E-state index >= 15 is 0 Å². The largest absolute Gasteiger partial charge is 0.379 e. The predicted octanol–water partition coefficient (Wildman–Crippen LogP) is 2.51. The van der Waals surface area contributed by atoms with Gasteiger partial charge in [-0.1, -0.05) is 18.2 Å². The van der Waals surface area contributed by atoms with Gasteiger partial charge in [-0.3, -0.25) is 0 Å². The van der Waals surface area contributed by atoms with Crippen LogP contribution in [0, 0.1) is 6.54 Å². The summed E-state index contributed by atoms with van der Waals surface area (Å²) in [4.78, 5) is 0. The van der Waals surface area contributed by atoms with Crippen molar-refractivity contribution in [2.24, 2.45) is 0 Å². The van der Waals surface area contributed by atoms with Crippen LogP contribution in [-0.2, 0) is 5.75 Å². The lowest BCUT2D eigenvalue weighted by molar-refractivity contribution is 1.38. The molecule has 0 atom stereocenters. The zero-order chi connectivity index (χ0) is 7.52. The fraction of sp³-hybridized carbons (Fsp3) is 0.222. The molecule has 1 radical (unpaired) electrons. The van der Waals surface area contributed by atoms with Gasteiger partial charge < -0.3 is 5.32 Å². The number of nitrogens with one attached hydrogen (secondary N) is 1. The van der Waals surface area contributed by atoms with Gasteiger partial charge >= 0.3 is 0 Å². The second kappa shape index (κ2) is 3.18. The molecule has 2 rings (SSSR count). The maximum atomic E-state index is 3.28. The number of thioether (sulfide) groups is 1. The Labute approximate surface area is 71.2 Å².